The van der Waals surface area contributed by atoms with Crippen molar-refractivity contribution in [2.24, 2.45) is 0 Å². The molecule has 4 rings (SSSR count). The van der Waals surface area contributed by atoms with Crippen molar-refractivity contribution in [2.75, 3.05) is 58.5 Å². The van der Waals surface area contributed by atoms with E-state index >= 15 is 0 Å². The minimum atomic E-state index is 0. The average molecular weight is 557 g/mol. The summed E-state index contributed by atoms with van der Waals surface area (Å²) in [6, 6.07) is 10.2. The van der Waals surface area contributed by atoms with Gasteiger partial charge < -0.3 is 29.6 Å². The third-order valence-electron chi connectivity index (χ3n) is 6.33. The summed E-state index contributed by atoms with van der Waals surface area (Å²) < 4.78 is 13.0. The molecule has 2 fully saturated rings. The Morgan fingerprint density at radius 1 is 0.853 bits per heavy atom. The quantitative estimate of drug-likeness (QED) is 0.478. The lowest BCUT2D eigenvalue weighted by Crippen LogP contribution is -2.36. The number of aromatic nitrogens is 2. The number of halogens is 1. The van der Waals surface area contributed by atoms with E-state index in [1.165, 1.54) is 0 Å². The van der Waals surface area contributed by atoms with Crippen LogP contribution < -0.4 is 14.4 Å². The van der Waals surface area contributed by atoms with Crippen LogP contribution >= 0.6 is 28.7 Å². The highest BCUT2D eigenvalue weighted by Gasteiger charge is 2.26. The highest BCUT2D eigenvalue weighted by Crippen LogP contribution is 2.38. The molecular weight excluding hydrogens is 518 g/mol. The summed E-state index contributed by atoms with van der Waals surface area (Å²) in [6.07, 6.45) is 6.39. The Hall–Kier alpha value is -1.59. The average Bonchev–Trinajstić information content (AvgIpc) is 2.82. The maximum absolute atomic E-state index is 6.49. The molecule has 2 aliphatic rings. The molecule has 34 heavy (non-hydrogen) atoms. The zero-order valence-electron chi connectivity index (χ0n) is 20.6. The van der Waals surface area contributed by atoms with Crippen molar-refractivity contribution in [1.29, 1.82) is 0 Å². The van der Waals surface area contributed by atoms with Gasteiger partial charge in [0, 0.05) is 38.9 Å². The van der Waals surface area contributed by atoms with Crippen LogP contribution in [0.1, 0.15) is 25.7 Å². The predicted molar refractivity (Wildman–Crippen MR) is 145 cm³/mol. The molecule has 1 aromatic heterocycles. The molecule has 2 saturated heterocycles. The number of nitrogens with zero attached hydrogens (tertiary/aromatic N) is 5. The summed E-state index contributed by atoms with van der Waals surface area (Å²) in [4.78, 5) is 17.3. The summed E-state index contributed by atoms with van der Waals surface area (Å²) in [7, 11) is 6.31. The molecule has 190 valence electrons. The second-order valence-corrected chi connectivity index (χ2v) is 9.62. The number of rotatable bonds is 7. The summed E-state index contributed by atoms with van der Waals surface area (Å²) >= 11 is 1.60. The van der Waals surface area contributed by atoms with Crippen LogP contribution in [-0.4, -0.2) is 91.0 Å². The van der Waals surface area contributed by atoms with Crippen molar-refractivity contribution < 1.29 is 14.9 Å². The lowest BCUT2D eigenvalue weighted by molar-refractivity contribution is 0.0962. The Kier molecular flexibility index (Phi) is 11.4. The van der Waals surface area contributed by atoms with Crippen molar-refractivity contribution in [1.82, 2.24) is 19.8 Å². The van der Waals surface area contributed by atoms with Gasteiger partial charge >= 0.3 is 0 Å². The predicted octanol–water partition coefficient (Wildman–Crippen LogP) is 3.67. The highest BCUT2D eigenvalue weighted by atomic mass is 79.9. The van der Waals surface area contributed by atoms with E-state index in [2.05, 4.69) is 36.0 Å². The summed E-state index contributed by atoms with van der Waals surface area (Å²) in [5.74, 6) is 1.88. The van der Waals surface area contributed by atoms with Gasteiger partial charge in [-0.3, -0.25) is 0 Å². The molecule has 2 aromatic rings. The molecule has 10 heteroatoms. The van der Waals surface area contributed by atoms with Crippen LogP contribution in [0.2, 0.25) is 0 Å². The number of anilines is 2. The van der Waals surface area contributed by atoms with Gasteiger partial charge in [0.15, 0.2) is 0 Å². The number of ether oxygens (including phenoxy) is 2. The fourth-order valence-electron chi connectivity index (χ4n) is 4.17. The Morgan fingerprint density at radius 2 is 1.29 bits per heavy atom. The molecule has 0 amide bonds. The molecule has 0 aliphatic carbocycles. The second kappa shape index (κ2) is 13.5. The van der Waals surface area contributed by atoms with E-state index in [1.54, 1.807) is 11.8 Å². The highest BCUT2D eigenvalue weighted by molar-refractivity contribution is 8.93. The fourth-order valence-corrected chi connectivity index (χ4v) is 4.71. The third-order valence-corrected chi connectivity index (χ3v) is 7.08. The first-order chi connectivity index (χ1) is 15.5. The van der Waals surface area contributed by atoms with Crippen molar-refractivity contribution in [3.63, 3.8) is 0 Å². The molecule has 3 heterocycles. The van der Waals surface area contributed by atoms with Gasteiger partial charge in [-0.25, -0.2) is 0 Å². The smallest absolute Gasteiger partial charge is 0.236 e. The molecule has 2 aliphatic heterocycles. The zero-order valence-corrected chi connectivity index (χ0v) is 23.1. The first kappa shape index (κ1) is 28.6. The van der Waals surface area contributed by atoms with E-state index in [9.17, 15) is 0 Å². The summed E-state index contributed by atoms with van der Waals surface area (Å²) in [6.45, 7) is 4.17. The third kappa shape index (κ3) is 7.21. The molecule has 0 saturated carbocycles. The van der Waals surface area contributed by atoms with Gasteiger partial charge in [0.2, 0.25) is 17.7 Å². The number of para-hydroxylation sites is 1. The molecule has 0 unspecified atom stereocenters. The Labute approximate surface area is 218 Å². The Bertz CT molecular complexity index is 833. The fraction of sp³-hybridized carbons (Fsp3) is 0.583. The van der Waals surface area contributed by atoms with E-state index in [0.717, 1.165) is 62.4 Å². The van der Waals surface area contributed by atoms with Crippen molar-refractivity contribution in [2.45, 2.75) is 42.8 Å². The Morgan fingerprint density at radius 3 is 1.71 bits per heavy atom. The summed E-state index contributed by atoms with van der Waals surface area (Å²) in [5, 5.41) is 0. The molecule has 0 bridgehead atoms. The van der Waals surface area contributed by atoms with Gasteiger partial charge in [0.05, 0.1) is 0 Å². The van der Waals surface area contributed by atoms with Crippen molar-refractivity contribution in [3.8, 4) is 11.8 Å². The number of hydrogen-bond donors (Lipinski definition) is 0. The van der Waals surface area contributed by atoms with Gasteiger partial charge in [0.1, 0.15) is 17.1 Å². The number of likely N-dealkylation sites (tertiary alicyclic amines) is 2. The van der Waals surface area contributed by atoms with E-state index in [-0.39, 0.29) is 34.7 Å². The number of hydrogen-bond acceptors (Lipinski definition) is 8. The van der Waals surface area contributed by atoms with Crippen LogP contribution in [0.15, 0.2) is 35.2 Å². The molecule has 0 spiro atoms. The van der Waals surface area contributed by atoms with Gasteiger partial charge in [-0.2, -0.15) is 9.97 Å². The molecule has 2 N–H and O–H groups in total. The van der Waals surface area contributed by atoms with E-state index < -0.39 is 0 Å². The van der Waals surface area contributed by atoms with Crippen LogP contribution in [0, 0.1) is 0 Å². The lowest BCUT2D eigenvalue weighted by Gasteiger charge is -2.31. The van der Waals surface area contributed by atoms with Crippen molar-refractivity contribution >= 4 is 40.4 Å². The largest absolute Gasteiger partial charge is 0.473 e. The van der Waals surface area contributed by atoms with Crippen LogP contribution in [0.4, 0.5) is 11.6 Å². The zero-order chi connectivity index (χ0) is 22.5. The van der Waals surface area contributed by atoms with E-state index in [4.69, 9.17) is 19.4 Å². The van der Waals surface area contributed by atoms with Crippen LogP contribution in [0.3, 0.4) is 0 Å². The normalized spacial score (nSPS) is 18.0. The maximum atomic E-state index is 6.49. The first-order valence-corrected chi connectivity index (χ1v) is 12.7. The minimum absolute atomic E-state index is 0. The maximum Gasteiger partial charge on any atom is 0.236 e. The second-order valence-electron chi connectivity index (χ2n) is 8.80. The molecular formula is C24H38BrN5O3S. The number of thioether (sulfide) groups is 1. The lowest BCUT2D eigenvalue weighted by atomic mass is 10.1. The molecule has 0 atom stereocenters. The van der Waals surface area contributed by atoms with Crippen molar-refractivity contribution in [3.05, 3.63) is 30.3 Å². The minimum Gasteiger partial charge on any atom is -0.473 e. The van der Waals surface area contributed by atoms with E-state index in [0.29, 0.717) is 17.7 Å². The number of benzene rings is 1. The molecule has 1 aromatic carbocycles. The topological polar surface area (TPSA) is 85.5 Å². The monoisotopic (exact) mass is 555 g/mol. The van der Waals surface area contributed by atoms with Crippen LogP contribution in [-0.2, 0) is 0 Å². The summed E-state index contributed by atoms with van der Waals surface area (Å²) in [5.41, 5.74) is 1.03. The van der Waals surface area contributed by atoms with Crippen LogP contribution in [0.5, 0.6) is 11.8 Å². The van der Waals surface area contributed by atoms with E-state index in [1.807, 2.05) is 36.4 Å². The number of piperidine rings is 2. The van der Waals surface area contributed by atoms with Gasteiger partial charge in [-0.05, 0) is 58.2 Å². The van der Waals surface area contributed by atoms with Gasteiger partial charge in [0.25, 0.3) is 0 Å². The van der Waals surface area contributed by atoms with Gasteiger partial charge in [-0.1, -0.05) is 18.2 Å². The standard InChI is InChI=1S/C24H35N5O2S.BrH.H2O/c1-27-14-10-19(11-15-27)30-22-21(32-4)23(31-20-12-16-28(2)17-13-20)26-24(25-22)29(3)18-8-6-5-7-9-18;;/h5-9,19-20H,10-17H2,1-4H3;1H;1H2. The SMILES string of the molecule is Br.CSc1c(OC2CCN(C)CC2)nc(N(C)c2ccccc2)nc1OC1CCN(C)CC1.O. The first-order valence-electron chi connectivity index (χ1n) is 11.5. The molecule has 8 nitrogen and oxygen atoms in total. The van der Waals surface area contributed by atoms with Crippen LogP contribution in [0.25, 0.3) is 0 Å². The Balaban J connectivity index is 0.00000204. The van der Waals surface area contributed by atoms with Gasteiger partial charge in [-0.15, -0.1) is 28.7 Å². The molecule has 0 radical (unpaired) electrons.